The Labute approximate surface area is 134 Å². The van der Waals surface area contributed by atoms with Gasteiger partial charge in [-0.25, -0.2) is 0 Å². The van der Waals surface area contributed by atoms with Crippen LogP contribution < -0.4 is 5.32 Å². The first-order valence-electron chi connectivity index (χ1n) is 7.43. The molecule has 4 heteroatoms. The third-order valence-corrected chi connectivity index (χ3v) is 4.88. The van der Waals surface area contributed by atoms with Crippen molar-refractivity contribution in [2.24, 2.45) is 0 Å². The van der Waals surface area contributed by atoms with Crippen LogP contribution in [0.5, 0.6) is 0 Å². The Balaban J connectivity index is 1.84. The van der Waals surface area contributed by atoms with Gasteiger partial charge in [-0.05, 0) is 45.4 Å². The van der Waals surface area contributed by atoms with Crippen molar-refractivity contribution in [2.45, 2.75) is 33.7 Å². The fraction of sp³-hybridized carbons (Fsp3) is 0.278. The highest BCUT2D eigenvalue weighted by atomic mass is 32.1. The molecule has 3 aromatic rings. The number of aryl methyl sites for hydroxylation is 2. The number of carbonyl (C=O) groups excluding carboxylic acids is 1. The van der Waals surface area contributed by atoms with Crippen LogP contribution in [0.15, 0.2) is 36.7 Å². The second-order valence-electron chi connectivity index (χ2n) is 6.00. The van der Waals surface area contributed by atoms with E-state index in [0.717, 1.165) is 26.2 Å². The summed E-state index contributed by atoms with van der Waals surface area (Å²) in [5.74, 6) is -0.0377. The van der Waals surface area contributed by atoms with E-state index >= 15 is 0 Å². The molecule has 2 heterocycles. The van der Waals surface area contributed by atoms with Gasteiger partial charge in [-0.2, -0.15) is 0 Å². The molecule has 3 nitrogen and oxygen atoms in total. The number of hydrogen-bond acceptors (Lipinski definition) is 2. The molecule has 2 aromatic heterocycles. The van der Waals surface area contributed by atoms with Gasteiger partial charge in [0.05, 0.1) is 9.58 Å². The van der Waals surface area contributed by atoms with Crippen LogP contribution in [-0.2, 0) is 0 Å². The quantitative estimate of drug-likeness (QED) is 0.712. The Hall–Kier alpha value is -2.07. The van der Waals surface area contributed by atoms with Gasteiger partial charge in [0.2, 0.25) is 0 Å². The van der Waals surface area contributed by atoms with Crippen molar-refractivity contribution < 1.29 is 4.79 Å². The van der Waals surface area contributed by atoms with Gasteiger partial charge in [0.25, 0.3) is 5.91 Å². The number of fused-ring (bicyclic) bond motifs is 1. The van der Waals surface area contributed by atoms with Gasteiger partial charge in [0, 0.05) is 29.5 Å². The fourth-order valence-electron chi connectivity index (χ4n) is 2.50. The number of benzene rings is 1. The molecule has 0 aliphatic heterocycles. The van der Waals surface area contributed by atoms with E-state index in [2.05, 4.69) is 49.1 Å². The van der Waals surface area contributed by atoms with Crippen LogP contribution in [0.3, 0.4) is 0 Å². The molecular formula is C18H20N2OS. The van der Waals surface area contributed by atoms with Crippen LogP contribution in [0, 0.1) is 13.8 Å². The van der Waals surface area contributed by atoms with Crippen LogP contribution in [0.25, 0.3) is 10.1 Å². The largest absolute Gasteiger partial charge is 0.350 e. The molecule has 0 saturated carbocycles. The summed E-state index contributed by atoms with van der Waals surface area (Å²) >= 11 is 1.54. The molecule has 0 fully saturated rings. The van der Waals surface area contributed by atoms with Gasteiger partial charge in [-0.1, -0.05) is 17.7 Å². The molecule has 114 valence electrons. The summed E-state index contributed by atoms with van der Waals surface area (Å²) in [5.41, 5.74) is 3.16. The van der Waals surface area contributed by atoms with Crippen LogP contribution in [0.4, 0.5) is 5.69 Å². The molecular weight excluding hydrogens is 292 g/mol. The summed E-state index contributed by atoms with van der Waals surface area (Å²) in [6.07, 6.45) is 4.21. The summed E-state index contributed by atoms with van der Waals surface area (Å²) in [4.78, 5) is 13.2. The van der Waals surface area contributed by atoms with Gasteiger partial charge in [0.15, 0.2) is 0 Å². The van der Waals surface area contributed by atoms with Gasteiger partial charge in [0.1, 0.15) is 0 Å². The zero-order chi connectivity index (χ0) is 15.9. The topological polar surface area (TPSA) is 34.0 Å². The minimum atomic E-state index is -0.0377. The van der Waals surface area contributed by atoms with Gasteiger partial charge in [-0.15, -0.1) is 11.3 Å². The third-order valence-electron chi connectivity index (χ3n) is 3.80. The summed E-state index contributed by atoms with van der Waals surface area (Å²) < 4.78 is 3.33. The average Bonchev–Trinajstić information content (AvgIpc) is 3.00. The Bertz CT molecular complexity index is 811. The predicted octanol–water partition coefficient (Wildman–Crippen LogP) is 5.15. The molecule has 0 aliphatic carbocycles. The van der Waals surface area contributed by atoms with Gasteiger partial charge < -0.3 is 9.88 Å². The zero-order valence-electron chi connectivity index (χ0n) is 13.3. The first-order valence-corrected chi connectivity index (χ1v) is 8.25. The van der Waals surface area contributed by atoms with Crippen molar-refractivity contribution in [1.29, 1.82) is 0 Å². The van der Waals surface area contributed by atoms with Crippen LogP contribution in [-0.4, -0.2) is 10.5 Å². The molecule has 1 aromatic carbocycles. The highest BCUT2D eigenvalue weighted by Crippen LogP contribution is 2.29. The van der Waals surface area contributed by atoms with E-state index in [4.69, 9.17) is 0 Å². The van der Waals surface area contributed by atoms with Crippen molar-refractivity contribution in [2.75, 3.05) is 5.32 Å². The first-order chi connectivity index (χ1) is 10.4. The molecule has 1 amide bonds. The summed E-state index contributed by atoms with van der Waals surface area (Å²) in [5, 5.41) is 4.14. The number of hydrogen-bond donors (Lipinski definition) is 1. The fourth-order valence-corrected chi connectivity index (χ4v) is 3.47. The lowest BCUT2D eigenvalue weighted by Gasteiger charge is -2.08. The van der Waals surface area contributed by atoms with E-state index < -0.39 is 0 Å². The maximum atomic E-state index is 12.4. The molecule has 0 aliphatic rings. The zero-order valence-corrected chi connectivity index (χ0v) is 14.1. The van der Waals surface area contributed by atoms with E-state index in [1.807, 2.05) is 25.1 Å². The molecule has 0 saturated heterocycles. The SMILES string of the molecule is Cc1ccc(NC(=O)c2cc3cn(C(C)C)cc3s2)c(C)c1. The van der Waals surface area contributed by atoms with Crippen molar-refractivity contribution >= 4 is 33.0 Å². The van der Waals surface area contributed by atoms with Crippen LogP contribution >= 0.6 is 11.3 Å². The summed E-state index contributed by atoms with van der Waals surface area (Å²) in [6, 6.07) is 8.46. The smallest absolute Gasteiger partial charge is 0.265 e. The van der Waals surface area contributed by atoms with E-state index in [-0.39, 0.29) is 5.91 Å². The number of carbonyl (C=O) groups is 1. The van der Waals surface area contributed by atoms with E-state index in [1.165, 1.54) is 16.9 Å². The highest BCUT2D eigenvalue weighted by molar-refractivity contribution is 7.20. The summed E-state index contributed by atoms with van der Waals surface area (Å²) in [6.45, 7) is 8.36. The maximum absolute atomic E-state index is 12.4. The Kier molecular flexibility index (Phi) is 3.79. The van der Waals surface area contributed by atoms with Crippen LogP contribution in [0.2, 0.25) is 0 Å². The predicted molar refractivity (Wildman–Crippen MR) is 94.1 cm³/mol. The van der Waals surface area contributed by atoms with E-state index in [1.54, 1.807) is 0 Å². The Morgan fingerprint density at radius 3 is 2.59 bits per heavy atom. The Morgan fingerprint density at radius 1 is 1.18 bits per heavy atom. The minimum Gasteiger partial charge on any atom is -0.350 e. The molecule has 0 bridgehead atoms. The normalized spacial score (nSPS) is 11.3. The number of rotatable bonds is 3. The lowest BCUT2D eigenvalue weighted by molar-refractivity contribution is 0.103. The highest BCUT2D eigenvalue weighted by Gasteiger charge is 2.13. The van der Waals surface area contributed by atoms with Gasteiger partial charge >= 0.3 is 0 Å². The molecule has 3 rings (SSSR count). The monoisotopic (exact) mass is 312 g/mol. The van der Waals surface area contributed by atoms with Gasteiger partial charge in [-0.3, -0.25) is 4.79 Å². The maximum Gasteiger partial charge on any atom is 0.265 e. The molecule has 1 N–H and O–H groups in total. The number of aromatic nitrogens is 1. The average molecular weight is 312 g/mol. The van der Waals surface area contributed by atoms with E-state index in [9.17, 15) is 4.79 Å². The molecule has 0 radical (unpaired) electrons. The number of nitrogens with one attached hydrogen (secondary N) is 1. The molecule has 22 heavy (non-hydrogen) atoms. The van der Waals surface area contributed by atoms with Crippen molar-refractivity contribution in [1.82, 2.24) is 4.57 Å². The van der Waals surface area contributed by atoms with Crippen molar-refractivity contribution in [3.63, 3.8) is 0 Å². The first kappa shape index (κ1) is 14.9. The second-order valence-corrected chi connectivity index (χ2v) is 7.09. The number of thiophene rings is 1. The van der Waals surface area contributed by atoms with E-state index in [0.29, 0.717) is 6.04 Å². The number of nitrogens with zero attached hydrogens (tertiary/aromatic N) is 1. The number of anilines is 1. The minimum absolute atomic E-state index is 0.0377. The van der Waals surface area contributed by atoms with Crippen molar-refractivity contribution in [3.8, 4) is 0 Å². The molecule has 0 unspecified atom stereocenters. The third kappa shape index (κ3) is 2.79. The Morgan fingerprint density at radius 2 is 1.95 bits per heavy atom. The van der Waals surface area contributed by atoms with Crippen LogP contribution in [0.1, 0.15) is 40.7 Å². The lowest BCUT2D eigenvalue weighted by atomic mass is 10.1. The molecule has 0 atom stereocenters. The second kappa shape index (κ2) is 5.61. The standard InChI is InChI=1S/C18H20N2OS/c1-11(2)20-9-14-8-16(22-17(14)10-20)18(21)19-15-6-5-12(3)7-13(15)4/h5-11H,1-4H3,(H,19,21). The molecule has 0 spiro atoms. The van der Waals surface area contributed by atoms with Crippen molar-refractivity contribution in [3.05, 3.63) is 52.7 Å². The lowest BCUT2D eigenvalue weighted by Crippen LogP contribution is -2.11. The number of amides is 1. The summed E-state index contributed by atoms with van der Waals surface area (Å²) in [7, 11) is 0.